The molecule has 98 valence electrons. The maximum atomic E-state index is 5.47. The highest BCUT2D eigenvalue weighted by Gasteiger charge is 2.15. The van der Waals surface area contributed by atoms with Crippen molar-refractivity contribution in [2.24, 2.45) is 10.7 Å². The van der Waals surface area contributed by atoms with Crippen molar-refractivity contribution in [1.29, 1.82) is 0 Å². The maximum Gasteiger partial charge on any atom is 0.156 e. The molecule has 3 rings (SSSR count). The molecule has 3 nitrogen and oxygen atoms in total. The van der Waals surface area contributed by atoms with Crippen LogP contribution in [0.2, 0.25) is 0 Å². The molecule has 1 aliphatic rings. The summed E-state index contributed by atoms with van der Waals surface area (Å²) in [6, 6.07) is 14.2. The predicted octanol–water partition coefficient (Wildman–Crippen LogP) is 4.19. The predicted molar refractivity (Wildman–Crippen MR) is 87.8 cm³/mol. The number of rotatable bonds is 1. The van der Waals surface area contributed by atoms with Gasteiger partial charge in [-0.1, -0.05) is 23.9 Å². The number of hydrogen-bond donors (Lipinski definition) is 3. The molecule has 0 bridgehead atoms. The lowest BCUT2D eigenvalue weighted by molar-refractivity contribution is 1.30. The van der Waals surface area contributed by atoms with E-state index in [9.17, 15) is 0 Å². The van der Waals surface area contributed by atoms with Crippen molar-refractivity contribution in [2.45, 2.75) is 9.79 Å². The molecule has 6 heteroatoms. The first-order valence-corrected chi connectivity index (χ1v) is 6.70. The number of thiol groups is 1. The van der Waals surface area contributed by atoms with Crippen LogP contribution in [-0.4, -0.2) is 5.17 Å². The van der Waals surface area contributed by atoms with Crippen LogP contribution in [0, 0.1) is 0 Å². The van der Waals surface area contributed by atoms with E-state index in [4.69, 9.17) is 5.73 Å². The summed E-state index contributed by atoms with van der Waals surface area (Å²) >= 11 is 5.71. The maximum absolute atomic E-state index is 5.47. The Hall–Kier alpha value is -1.30. The molecule has 2 aromatic rings. The molecule has 2 aromatic carbocycles. The van der Waals surface area contributed by atoms with E-state index in [1.807, 2.05) is 30.3 Å². The van der Waals surface area contributed by atoms with Gasteiger partial charge in [0.1, 0.15) is 0 Å². The molecule has 0 radical (unpaired) electrons. The van der Waals surface area contributed by atoms with E-state index >= 15 is 0 Å². The Bertz CT molecular complexity index is 640. The third-order valence-corrected chi connectivity index (χ3v) is 3.82. The Kier molecular flexibility index (Phi) is 4.29. The van der Waals surface area contributed by atoms with Crippen molar-refractivity contribution in [2.75, 3.05) is 5.32 Å². The molecule has 3 N–H and O–H groups in total. The highest BCUT2D eigenvalue weighted by molar-refractivity contribution is 7.99. The molecular weight excluding hydrogens is 298 g/mol. The number of nitrogens with one attached hydrogen (secondary N) is 1. The Morgan fingerprint density at radius 2 is 1.84 bits per heavy atom. The SMILES string of the molecule is Cl.NC(S)=Nc1ccc2c(c1)Sc1ccccc1N2. The summed E-state index contributed by atoms with van der Waals surface area (Å²) < 4.78 is 0. The molecule has 0 saturated carbocycles. The molecule has 0 atom stereocenters. The van der Waals surface area contributed by atoms with Crippen LogP contribution < -0.4 is 11.1 Å². The van der Waals surface area contributed by atoms with Gasteiger partial charge >= 0.3 is 0 Å². The number of halogens is 1. The van der Waals surface area contributed by atoms with Gasteiger partial charge in [-0.3, -0.25) is 0 Å². The van der Waals surface area contributed by atoms with Gasteiger partial charge < -0.3 is 11.1 Å². The first-order valence-electron chi connectivity index (χ1n) is 5.43. The largest absolute Gasteiger partial charge is 0.378 e. The van der Waals surface area contributed by atoms with Crippen LogP contribution in [0.5, 0.6) is 0 Å². The Morgan fingerprint density at radius 1 is 1.11 bits per heavy atom. The molecule has 0 spiro atoms. The van der Waals surface area contributed by atoms with Gasteiger partial charge in [-0.05, 0) is 30.3 Å². The molecule has 1 heterocycles. The van der Waals surface area contributed by atoms with E-state index in [0.29, 0.717) is 0 Å². The van der Waals surface area contributed by atoms with Crippen molar-refractivity contribution < 1.29 is 0 Å². The number of nitrogens with zero attached hydrogens (tertiary/aromatic N) is 1. The number of anilines is 2. The molecule has 0 saturated heterocycles. The molecule has 0 aliphatic carbocycles. The summed E-state index contributed by atoms with van der Waals surface area (Å²) in [4.78, 5) is 6.50. The Morgan fingerprint density at radius 3 is 2.63 bits per heavy atom. The second-order valence-electron chi connectivity index (χ2n) is 3.87. The van der Waals surface area contributed by atoms with Gasteiger partial charge in [-0.15, -0.1) is 25.0 Å². The zero-order valence-electron chi connectivity index (χ0n) is 9.83. The molecule has 1 aliphatic heterocycles. The van der Waals surface area contributed by atoms with Gasteiger partial charge in [-0.2, -0.15) is 0 Å². The van der Waals surface area contributed by atoms with Crippen molar-refractivity contribution in [3.05, 3.63) is 42.5 Å². The Balaban J connectivity index is 0.00000133. The molecule has 19 heavy (non-hydrogen) atoms. The monoisotopic (exact) mass is 309 g/mol. The zero-order valence-corrected chi connectivity index (χ0v) is 12.4. The molecule has 0 aromatic heterocycles. The van der Waals surface area contributed by atoms with Crippen LogP contribution in [-0.2, 0) is 0 Å². The minimum absolute atomic E-state index is 0. The number of hydrogen-bond acceptors (Lipinski definition) is 3. The first-order chi connectivity index (χ1) is 8.72. The topological polar surface area (TPSA) is 50.4 Å². The lowest BCUT2D eigenvalue weighted by atomic mass is 10.2. The minimum atomic E-state index is 0. The number of aliphatic imine (C=N–C) groups is 1. The highest BCUT2D eigenvalue weighted by atomic mass is 35.5. The van der Waals surface area contributed by atoms with Crippen molar-refractivity contribution in [1.82, 2.24) is 0 Å². The number of amidine groups is 1. The standard InChI is InChI=1S/C13H11N3S2.ClH/c14-13(17)15-8-5-6-10-12(7-8)18-11-4-2-1-3-9(11)16-10;/h1-7,16H,(H3,14,15,17);1H. The smallest absolute Gasteiger partial charge is 0.156 e. The minimum Gasteiger partial charge on any atom is -0.378 e. The molecule has 0 fully saturated rings. The number of fused-ring (bicyclic) bond motifs is 2. The second-order valence-corrected chi connectivity index (χ2v) is 5.42. The summed E-state index contributed by atoms with van der Waals surface area (Å²) in [5.74, 6) is 0. The lowest BCUT2D eigenvalue weighted by Gasteiger charge is -2.20. The summed E-state index contributed by atoms with van der Waals surface area (Å²) in [5.41, 5.74) is 8.52. The van der Waals surface area contributed by atoms with Gasteiger partial charge in [0.05, 0.1) is 17.1 Å². The third kappa shape index (κ3) is 3.00. The van der Waals surface area contributed by atoms with Gasteiger partial charge in [0.2, 0.25) is 0 Å². The van der Waals surface area contributed by atoms with Crippen LogP contribution in [0.15, 0.2) is 57.2 Å². The summed E-state index contributed by atoms with van der Waals surface area (Å²) in [6.45, 7) is 0. The van der Waals surface area contributed by atoms with Gasteiger partial charge in [0, 0.05) is 9.79 Å². The number of nitrogens with two attached hydrogens (primary N) is 1. The van der Waals surface area contributed by atoms with E-state index < -0.39 is 0 Å². The van der Waals surface area contributed by atoms with E-state index in [1.54, 1.807) is 11.8 Å². The van der Waals surface area contributed by atoms with E-state index in [1.165, 1.54) is 4.90 Å². The number of para-hydroxylation sites is 1. The summed E-state index contributed by atoms with van der Waals surface area (Å²) in [7, 11) is 0. The highest BCUT2D eigenvalue weighted by Crippen LogP contribution is 2.45. The first kappa shape index (κ1) is 14.1. The van der Waals surface area contributed by atoms with Crippen LogP contribution in [0.3, 0.4) is 0 Å². The fourth-order valence-electron chi connectivity index (χ4n) is 1.82. The summed E-state index contributed by atoms with van der Waals surface area (Å²) in [5, 5.41) is 3.67. The normalized spacial score (nSPS) is 12.8. The van der Waals surface area contributed by atoms with Gasteiger partial charge in [-0.25, -0.2) is 4.99 Å². The van der Waals surface area contributed by atoms with Crippen LogP contribution in [0.1, 0.15) is 0 Å². The molecule has 0 amide bonds. The van der Waals surface area contributed by atoms with Gasteiger partial charge in [0.15, 0.2) is 5.17 Å². The lowest BCUT2D eigenvalue weighted by Crippen LogP contribution is -2.01. The van der Waals surface area contributed by atoms with Crippen LogP contribution in [0.25, 0.3) is 0 Å². The quantitative estimate of drug-likeness (QED) is 0.359. The fourth-order valence-corrected chi connectivity index (χ4v) is 2.96. The third-order valence-electron chi connectivity index (χ3n) is 2.59. The van der Waals surface area contributed by atoms with Gasteiger partial charge in [0.25, 0.3) is 0 Å². The van der Waals surface area contributed by atoms with E-state index in [2.05, 4.69) is 35.1 Å². The Labute approximate surface area is 127 Å². The summed E-state index contributed by atoms with van der Waals surface area (Å²) in [6.07, 6.45) is 0. The fraction of sp³-hybridized carbons (Fsp3) is 0. The average molecular weight is 310 g/mol. The van der Waals surface area contributed by atoms with Crippen LogP contribution >= 0.6 is 36.8 Å². The molecular formula is C13H12ClN3S2. The van der Waals surface area contributed by atoms with E-state index in [0.717, 1.165) is 22.0 Å². The molecule has 0 unspecified atom stereocenters. The van der Waals surface area contributed by atoms with Crippen molar-refractivity contribution in [3.63, 3.8) is 0 Å². The van der Waals surface area contributed by atoms with Crippen molar-refractivity contribution >= 4 is 59.0 Å². The van der Waals surface area contributed by atoms with Crippen LogP contribution in [0.4, 0.5) is 17.1 Å². The second kappa shape index (κ2) is 5.77. The van der Waals surface area contributed by atoms with Crippen molar-refractivity contribution in [3.8, 4) is 0 Å². The number of benzene rings is 2. The zero-order chi connectivity index (χ0) is 12.5. The average Bonchev–Trinajstić information content (AvgIpc) is 2.35. The van der Waals surface area contributed by atoms with E-state index in [-0.39, 0.29) is 17.6 Å².